The first-order valence-electron chi connectivity index (χ1n) is 9.02. The van der Waals surface area contributed by atoms with Gasteiger partial charge in [0.05, 0.1) is 4.90 Å². The molecule has 132 valence electrons. The van der Waals surface area contributed by atoms with E-state index in [1.54, 1.807) is 6.07 Å². The Labute approximate surface area is 142 Å². The Morgan fingerprint density at radius 1 is 0.870 bits per heavy atom. The van der Waals surface area contributed by atoms with Crippen LogP contribution < -0.4 is 0 Å². The molecule has 0 saturated heterocycles. The predicted octanol–water partition coefficient (Wildman–Crippen LogP) is 5.71. The molecule has 1 N–H and O–H groups in total. The van der Waals surface area contributed by atoms with Crippen LogP contribution in [0.1, 0.15) is 82.3 Å². The minimum absolute atomic E-state index is 0.0685. The lowest BCUT2D eigenvalue weighted by Gasteiger charge is -2.08. The zero-order valence-corrected chi connectivity index (χ0v) is 15.5. The lowest BCUT2D eigenvalue weighted by molar-refractivity contribution is 0.481. The van der Waals surface area contributed by atoms with E-state index in [2.05, 4.69) is 6.92 Å². The van der Waals surface area contributed by atoms with Crippen LogP contribution in [-0.4, -0.2) is 13.0 Å². The largest absolute Gasteiger partial charge is 0.294 e. The lowest BCUT2D eigenvalue weighted by Crippen LogP contribution is -2.03. The molecular weight excluding hydrogens is 308 g/mol. The molecule has 0 saturated carbocycles. The Morgan fingerprint density at radius 3 is 1.91 bits per heavy atom. The summed E-state index contributed by atoms with van der Waals surface area (Å²) < 4.78 is 32.1. The molecule has 0 amide bonds. The van der Waals surface area contributed by atoms with Gasteiger partial charge in [-0.15, -0.1) is 0 Å². The molecule has 0 aliphatic rings. The van der Waals surface area contributed by atoms with Crippen molar-refractivity contribution in [3.8, 4) is 0 Å². The van der Waals surface area contributed by atoms with E-state index in [9.17, 15) is 13.0 Å². The first kappa shape index (κ1) is 20.2. The maximum atomic E-state index is 11.4. The normalized spacial score (nSPS) is 11.8. The second-order valence-corrected chi connectivity index (χ2v) is 7.91. The smallest absolute Gasteiger partial charge is 0.282 e. The van der Waals surface area contributed by atoms with Crippen molar-refractivity contribution in [2.75, 3.05) is 0 Å². The number of unbranched alkanes of at least 4 members (excludes halogenated alkanes) is 9. The van der Waals surface area contributed by atoms with Gasteiger partial charge in [-0.2, -0.15) is 8.42 Å². The van der Waals surface area contributed by atoms with Crippen molar-refractivity contribution >= 4 is 10.1 Å². The third-order valence-electron chi connectivity index (χ3n) is 4.29. The third-order valence-corrected chi connectivity index (χ3v) is 5.25. The fourth-order valence-corrected chi connectivity index (χ4v) is 3.69. The lowest BCUT2D eigenvalue weighted by atomic mass is 10.0. The summed E-state index contributed by atoms with van der Waals surface area (Å²) in [6.07, 6.45) is 13.3. The molecule has 1 aromatic rings. The molecule has 0 aliphatic carbocycles. The molecule has 0 aromatic heterocycles. The summed E-state index contributed by atoms with van der Waals surface area (Å²) in [5.74, 6) is 0. The van der Waals surface area contributed by atoms with Crippen LogP contribution in [0.25, 0.3) is 0 Å². The zero-order chi connectivity index (χ0) is 17.1. The fourth-order valence-electron chi connectivity index (χ4n) is 2.96. The van der Waals surface area contributed by atoms with Gasteiger partial charge in [0.15, 0.2) is 0 Å². The molecule has 0 aliphatic heterocycles. The van der Waals surface area contributed by atoms with E-state index < -0.39 is 10.1 Å². The average molecular weight is 341 g/mol. The van der Waals surface area contributed by atoms with Crippen molar-refractivity contribution in [2.45, 2.75) is 89.4 Å². The first-order valence-corrected chi connectivity index (χ1v) is 10.5. The van der Waals surface area contributed by atoms with Crippen molar-refractivity contribution in [3.05, 3.63) is 29.3 Å². The summed E-state index contributed by atoms with van der Waals surface area (Å²) in [7, 11) is -4.11. The van der Waals surface area contributed by atoms with Crippen molar-refractivity contribution < 1.29 is 13.0 Å². The molecule has 0 spiro atoms. The third kappa shape index (κ3) is 8.52. The summed E-state index contributed by atoms with van der Waals surface area (Å²) in [4.78, 5) is 0.0685. The molecule has 1 rings (SSSR count). The van der Waals surface area contributed by atoms with Crippen molar-refractivity contribution in [2.24, 2.45) is 0 Å². The Kier molecular flexibility index (Phi) is 9.49. The van der Waals surface area contributed by atoms with Crippen LogP contribution in [0.15, 0.2) is 23.1 Å². The number of hydrogen-bond donors (Lipinski definition) is 1. The minimum Gasteiger partial charge on any atom is -0.282 e. The van der Waals surface area contributed by atoms with Crippen molar-refractivity contribution in [1.82, 2.24) is 0 Å². The standard InChI is InChI=1S/C19H32O3S/c1-3-4-5-6-7-8-9-10-11-12-13-18-16-17(2)14-15-19(18)23(20,21)22/h14-16H,3-13H2,1-2H3,(H,20,21,22). The molecule has 0 bridgehead atoms. The maximum Gasteiger partial charge on any atom is 0.294 e. The molecule has 3 nitrogen and oxygen atoms in total. The predicted molar refractivity (Wildman–Crippen MR) is 96.5 cm³/mol. The van der Waals surface area contributed by atoms with E-state index >= 15 is 0 Å². The highest BCUT2D eigenvalue weighted by Crippen LogP contribution is 2.20. The molecule has 0 atom stereocenters. The van der Waals surface area contributed by atoms with E-state index in [1.807, 2.05) is 13.0 Å². The van der Waals surface area contributed by atoms with Crippen LogP contribution in [0, 0.1) is 6.92 Å². The number of rotatable bonds is 12. The fraction of sp³-hybridized carbons (Fsp3) is 0.684. The van der Waals surface area contributed by atoms with E-state index in [-0.39, 0.29) is 4.90 Å². The van der Waals surface area contributed by atoms with Crippen LogP contribution in [0.3, 0.4) is 0 Å². The quantitative estimate of drug-likeness (QED) is 0.392. The number of hydrogen-bond acceptors (Lipinski definition) is 2. The van der Waals surface area contributed by atoms with Gasteiger partial charge < -0.3 is 0 Å². The number of aryl methyl sites for hydroxylation is 2. The Bertz CT molecular complexity index is 550. The average Bonchev–Trinajstić information content (AvgIpc) is 2.48. The van der Waals surface area contributed by atoms with Gasteiger partial charge in [-0.05, 0) is 31.4 Å². The van der Waals surface area contributed by atoms with Crippen LogP contribution in [0.4, 0.5) is 0 Å². The van der Waals surface area contributed by atoms with Crippen LogP contribution >= 0.6 is 0 Å². The zero-order valence-electron chi connectivity index (χ0n) is 14.7. The Balaban J connectivity index is 2.25. The van der Waals surface area contributed by atoms with Crippen molar-refractivity contribution in [1.29, 1.82) is 0 Å². The molecule has 4 heteroatoms. The molecule has 0 heterocycles. The van der Waals surface area contributed by atoms with Gasteiger partial charge in [0.1, 0.15) is 0 Å². The summed E-state index contributed by atoms with van der Waals surface area (Å²) in [6.45, 7) is 4.18. The number of benzene rings is 1. The highest BCUT2D eigenvalue weighted by Gasteiger charge is 2.14. The SMILES string of the molecule is CCCCCCCCCCCCc1cc(C)ccc1S(=O)(=O)O. The summed E-state index contributed by atoms with van der Waals surface area (Å²) >= 11 is 0. The summed E-state index contributed by atoms with van der Waals surface area (Å²) in [5, 5.41) is 0. The molecule has 0 fully saturated rings. The van der Waals surface area contributed by atoms with E-state index in [4.69, 9.17) is 0 Å². The van der Waals surface area contributed by atoms with Gasteiger partial charge in [0.2, 0.25) is 0 Å². The second-order valence-electron chi connectivity index (χ2n) is 6.52. The van der Waals surface area contributed by atoms with Crippen LogP contribution in [0.5, 0.6) is 0 Å². The van der Waals surface area contributed by atoms with Gasteiger partial charge in [-0.3, -0.25) is 4.55 Å². The minimum atomic E-state index is -4.11. The van der Waals surface area contributed by atoms with Crippen LogP contribution in [0.2, 0.25) is 0 Å². The first-order chi connectivity index (χ1) is 10.9. The van der Waals surface area contributed by atoms with Crippen LogP contribution in [-0.2, 0) is 16.5 Å². The monoisotopic (exact) mass is 340 g/mol. The Hall–Kier alpha value is -0.870. The highest BCUT2D eigenvalue weighted by atomic mass is 32.2. The summed E-state index contributed by atoms with van der Waals surface area (Å²) in [6, 6.07) is 5.11. The van der Waals surface area contributed by atoms with Gasteiger partial charge in [0, 0.05) is 0 Å². The molecule has 23 heavy (non-hydrogen) atoms. The highest BCUT2D eigenvalue weighted by molar-refractivity contribution is 7.85. The van der Waals surface area contributed by atoms with E-state index in [0.717, 1.165) is 24.0 Å². The maximum absolute atomic E-state index is 11.4. The molecule has 0 unspecified atom stereocenters. The summed E-state index contributed by atoms with van der Waals surface area (Å²) in [5.41, 5.74) is 1.77. The van der Waals surface area contributed by atoms with Gasteiger partial charge in [-0.1, -0.05) is 82.4 Å². The van der Waals surface area contributed by atoms with E-state index in [1.165, 1.54) is 57.4 Å². The molecule has 0 radical (unpaired) electrons. The van der Waals surface area contributed by atoms with Gasteiger partial charge in [-0.25, -0.2) is 0 Å². The Morgan fingerprint density at radius 2 is 1.39 bits per heavy atom. The molecular formula is C19H32O3S. The van der Waals surface area contributed by atoms with Gasteiger partial charge >= 0.3 is 0 Å². The van der Waals surface area contributed by atoms with E-state index in [0.29, 0.717) is 6.42 Å². The molecule has 1 aromatic carbocycles. The topological polar surface area (TPSA) is 54.4 Å². The van der Waals surface area contributed by atoms with Gasteiger partial charge in [0.25, 0.3) is 10.1 Å². The van der Waals surface area contributed by atoms with Crippen molar-refractivity contribution in [3.63, 3.8) is 0 Å². The second kappa shape index (κ2) is 10.8.